The summed E-state index contributed by atoms with van der Waals surface area (Å²) in [6.45, 7) is 5.63. The molecule has 0 spiro atoms. The number of hydrogen-bond acceptors (Lipinski definition) is 7. The average Bonchev–Trinajstić information content (AvgIpc) is 2.66. The van der Waals surface area contributed by atoms with E-state index in [4.69, 9.17) is 19.2 Å². The van der Waals surface area contributed by atoms with Gasteiger partial charge in [-0.3, -0.25) is 0 Å². The minimum atomic E-state index is -0.977. The zero-order valence-corrected chi connectivity index (χ0v) is 16.8. The molecule has 2 bridgehead atoms. The SMILES string of the molecule is CCOC(=O)C(=O)O[C@]1(C)CC[C@@H]2C[C@H]1OO[C@]2(C)CSc1ccccc1. The Morgan fingerprint density at radius 1 is 1.22 bits per heavy atom. The van der Waals surface area contributed by atoms with Gasteiger partial charge in [0.15, 0.2) is 0 Å². The molecular formula is C20H26O6S. The molecule has 0 N–H and O–H groups in total. The van der Waals surface area contributed by atoms with Gasteiger partial charge in [0.2, 0.25) is 0 Å². The molecule has 3 rings (SSSR count). The zero-order chi connectivity index (χ0) is 19.5. The van der Waals surface area contributed by atoms with Gasteiger partial charge in [-0.05, 0) is 58.1 Å². The van der Waals surface area contributed by atoms with E-state index in [1.54, 1.807) is 25.6 Å². The summed E-state index contributed by atoms with van der Waals surface area (Å²) in [5.74, 6) is -0.883. The molecule has 0 amide bonds. The second-order valence-electron chi connectivity index (χ2n) is 7.48. The quantitative estimate of drug-likeness (QED) is 0.327. The van der Waals surface area contributed by atoms with E-state index >= 15 is 0 Å². The van der Waals surface area contributed by atoms with Gasteiger partial charge in [-0.1, -0.05) is 18.2 Å². The largest absolute Gasteiger partial charge is 0.458 e. The molecule has 1 saturated heterocycles. The molecule has 2 aliphatic rings. The fraction of sp³-hybridized carbons (Fsp3) is 0.600. The van der Waals surface area contributed by atoms with Crippen LogP contribution in [0.5, 0.6) is 0 Å². The summed E-state index contributed by atoms with van der Waals surface area (Å²) < 4.78 is 10.2. The average molecular weight is 394 g/mol. The van der Waals surface area contributed by atoms with E-state index in [1.807, 2.05) is 18.2 Å². The van der Waals surface area contributed by atoms with Crippen molar-refractivity contribution >= 4 is 23.7 Å². The van der Waals surface area contributed by atoms with Crippen molar-refractivity contribution in [2.24, 2.45) is 5.92 Å². The van der Waals surface area contributed by atoms with Gasteiger partial charge in [-0.15, -0.1) is 11.8 Å². The third-order valence-corrected chi connectivity index (χ3v) is 6.75. The van der Waals surface area contributed by atoms with Gasteiger partial charge in [0.1, 0.15) is 17.3 Å². The molecule has 0 radical (unpaired) electrons. The lowest BCUT2D eigenvalue weighted by atomic mass is 9.71. The predicted molar refractivity (Wildman–Crippen MR) is 100 cm³/mol. The van der Waals surface area contributed by atoms with Gasteiger partial charge < -0.3 is 9.47 Å². The Kier molecular flexibility index (Phi) is 6.13. The van der Waals surface area contributed by atoms with Crippen LogP contribution in [0.2, 0.25) is 0 Å². The summed E-state index contributed by atoms with van der Waals surface area (Å²) in [4.78, 5) is 36.2. The van der Waals surface area contributed by atoms with Crippen molar-refractivity contribution in [2.45, 2.75) is 62.2 Å². The molecule has 1 aliphatic heterocycles. The van der Waals surface area contributed by atoms with Crippen LogP contribution in [0.3, 0.4) is 0 Å². The highest BCUT2D eigenvalue weighted by atomic mass is 32.2. The second-order valence-corrected chi connectivity index (χ2v) is 8.53. The van der Waals surface area contributed by atoms with E-state index in [0.717, 1.165) is 18.6 Å². The molecule has 7 heteroatoms. The minimum Gasteiger partial charge on any atom is -0.458 e. The zero-order valence-electron chi connectivity index (χ0n) is 15.9. The molecular weight excluding hydrogens is 368 g/mol. The molecule has 6 nitrogen and oxygen atoms in total. The normalized spacial score (nSPS) is 32.6. The summed E-state index contributed by atoms with van der Waals surface area (Å²) in [6.07, 6.45) is 1.77. The number of esters is 2. The van der Waals surface area contributed by atoms with E-state index < -0.39 is 29.2 Å². The van der Waals surface area contributed by atoms with Gasteiger partial charge in [0.05, 0.1) is 6.61 Å². The molecule has 1 aromatic rings. The molecule has 148 valence electrons. The lowest BCUT2D eigenvalue weighted by Gasteiger charge is -2.51. The molecule has 1 saturated carbocycles. The van der Waals surface area contributed by atoms with E-state index in [9.17, 15) is 9.59 Å². The summed E-state index contributed by atoms with van der Waals surface area (Å²) in [5.41, 5.74) is -1.31. The second kappa shape index (κ2) is 8.20. The smallest absolute Gasteiger partial charge is 0.418 e. The summed E-state index contributed by atoms with van der Waals surface area (Å²) >= 11 is 1.74. The molecule has 1 aromatic carbocycles. The van der Waals surface area contributed by atoms with Gasteiger partial charge >= 0.3 is 11.9 Å². The molecule has 0 unspecified atom stereocenters. The van der Waals surface area contributed by atoms with Crippen LogP contribution in [0.4, 0.5) is 0 Å². The first-order valence-electron chi connectivity index (χ1n) is 9.29. The Bertz CT molecular complexity index is 680. The van der Waals surface area contributed by atoms with Crippen LogP contribution in [-0.2, 0) is 28.8 Å². The maximum Gasteiger partial charge on any atom is 0.418 e. The van der Waals surface area contributed by atoms with Crippen molar-refractivity contribution in [3.63, 3.8) is 0 Å². The number of carbonyl (C=O) groups excluding carboxylic acids is 2. The first-order chi connectivity index (χ1) is 12.9. The summed E-state index contributed by atoms with van der Waals surface area (Å²) in [5, 5.41) is 0. The Balaban J connectivity index is 1.60. The molecule has 4 atom stereocenters. The topological polar surface area (TPSA) is 71.1 Å². The van der Waals surface area contributed by atoms with Crippen molar-refractivity contribution in [1.82, 2.24) is 0 Å². The highest BCUT2D eigenvalue weighted by molar-refractivity contribution is 7.99. The monoisotopic (exact) mass is 394 g/mol. The molecule has 0 aromatic heterocycles. The number of fused-ring (bicyclic) bond motifs is 2. The lowest BCUT2D eigenvalue weighted by Crippen LogP contribution is -2.59. The number of benzene rings is 1. The van der Waals surface area contributed by atoms with Crippen molar-refractivity contribution in [3.05, 3.63) is 30.3 Å². The Morgan fingerprint density at radius 2 is 1.96 bits per heavy atom. The fourth-order valence-corrected chi connectivity index (χ4v) is 4.71. The maximum absolute atomic E-state index is 12.0. The number of ether oxygens (including phenoxy) is 2. The fourth-order valence-electron chi connectivity index (χ4n) is 3.62. The van der Waals surface area contributed by atoms with Crippen LogP contribution in [0.25, 0.3) is 0 Å². The summed E-state index contributed by atoms with van der Waals surface area (Å²) in [7, 11) is 0. The molecule has 1 heterocycles. The third-order valence-electron chi connectivity index (χ3n) is 5.42. The highest BCUT2D eigenvalue weighted by Crippen LogP contribution is 2.48. The van der Waals surface area contributed by atoms with Gasteiger partial charge in [-0.25, -0.2) is 19.4 Å². The number of hydrogen-bond donors (Lipinski definition) is 0. The van der Waals surface area contributed by atoms with Crippen LogP contribution in [-0.4, -0.2) is 41.6 Å². The molecule has 27 heavy (non-hydrogen) atoms. The first kappa shape index (κ1) is 20.2. The van der Waals surface area contributed by atoms with Crippen LogP contribution in [0.15, 0.2) is 35.2 Å². The van der Waals surface area contributed by atoms with Crippen LogP contribution in [0, 0.1) is 5.92 Å². The molecule has 2 fully saturated rings. The van der Waals surface area contributed by atoms with E-state index in [2.05, 4.69) is 19.1 Å². The number of thioether (sulfide) groups is 1. The predicted octanol–water partition coefficient (Wildman–Crippen LogP) is 3.53. The molecule has 1 aliphatic carbocycles. The minimum absolute atomic E-state index is 0.132. The van der Waals surface area contributed by atoms with Gasteiger partial charge in [0.25, 0.3) is 0 Å². The summed E-state index contributed by atoms with van der Waals surface area (Å²) in [6, 6.07) is 10.2. The maximum atomic E-state index is 12.0. The van der Waals surface area contributed by atoms with E-state index in [-0.39, 0.29) is 6.61 Å². The van der Waals surface area contributed by atoms with Crippen molar-refractivity contribution in [1.29, 1.82) is 0 Å². The Hall–Kier alpha value is -1.57. The van der Waals surface area contributed by atoms with Crippen molar-refractivity contribution in [3.8, 4) is 0 Å². The van der Waals surface area contributed by atoms with Crippen molar-refractivity contribution < 1.29 is 28.8 Å². The Labute approximate surface area is 163 Å². The van der Waals surface area contributed by atoms with E-state index in [0.29, 0.717) is 12.3 Å². The Morgan fingerprint density at radius 3 is 2.67 bits per heavy atom. The number of carbonyl (C=O) groups is 2. The third kappa shape index (κ3) is 4.47. The van der Waals surface area contributed by atoms with E-state index in [1.165, 1.54) is 4.90 Å². The van der Waals surface area contributed by atoms with Crippen LogP contribution in [0.1, 0.15) is 40.0 Å². The first-order valence-corrected chi connectivity index (χ1v) is 10.3. The van der Waals surface area contributed by atoms with Gasteiger partial charge in [0, 0.05) is 10.6 Å². The van der Waals surface area contributed by atoms with Crippen LogP contribution < -0.4 is 0 Å². The van der Waals surface area contributed by atoms with Crippen molar-refractivity contribution in [2.75, 3.05) is 12.4 Å². The number of rotatable bonds is 5. The highest BCUT2D eigenvalue weighted by Gasteiger charge is 2.54. The standard InChI is InChI=1S/C20H26O6S/c1-4-23-17(21)18(22)24-19(2)11-10-14-12-16(19)25-26-20(14,3)13-27-15-8-6-5-7-9-15/h5-9,14,16H,4,10-13H2,1-3H3/t14-,16-,19-,20-/m1/s1. The van der Waals surface area contributed by atoms with Crippen LogP contribution >= 0.6 is 11.8 Å². The van der Waals surface area contributed by atoms with Gasteiger partial charge in [-0.2, -0.15) is 0 Å². The lowest BCUT2D eigenvalue weighted by molar-refractivity contribution is -0.441.